The summed E-state index contributed by atoms with van der Waals surface area (Å²) in [5, 5.41) is 0. The molecule has 0 amide bonds. The Kier molecular flexibility index (Phi) is 5.86. The van der Waals surface area contributed by atoms with Crippen molar-refractivity contribution in [1.29, 1.82) is 0 Å². The third-order valence-electron chi connectivity index (χ3n) is 2.87. The van der Waals surface area contributed by atoms with Gasteiger partial charge in [0.05, 0.1) is 0 Å². The summed E-state index contributed by atoms with van der Waals surface area (Å²) >= 11 is 5.78. The van der Waals surface area contributed by atoms with Gasteiger partial charge in [0, 0.05) is 29.9 Å². The van der Waals surface area contributed by atoms with Crippen molar-refractivity contribution >= 4 is 17.5 Å². The van der Waals surface area contributed by atoms with Crippen molar-refractivity contribution in [2.75, 3.05) is 17.3 Å². The second-order valence-electron chi connectivity index (χ2n) is 5.22. The Morgan fingerprint density at radius 1 is 1.22 bits per heavy atom. The quantitative estimate of drug-likeness (QED) is 0.737. The van der Waals surface area contributed by atoms with Crippen molar-refractivity contribution in [3.05, 3.63) is 17.5 Å². The Bertz CT molecular complexity index is 377. The van der Waals surface area contributed by atoms with Crippen LogP contribution in [0.25, 0.3) is 0 Å². The molecule has 0 atom stereocenters. The van der Waals surface area contributed by atoms with Crippen molar-refractivity contribution in [1.82, 2.24) is 9.97 Å². The van der Waals surface area contributed by atoms with E-state index in [1.54, 1.807) is 0 Å². The van der Waals surface area contributed by atoms with Crippen molar-refractivity contribution in [3.63, 3.8) is 0 Å². The van der Waals surface area contributed by atoms with Gasteiger partial charge in [-0.3, -0.25) is 0 Å². The van der Waals surface area contributed by atoms with Crippen LogP contribution < -0.4 is 4.90 Å². The van der Waals surface area contributed by atoms with Gasteiger partial charge in [0.1, 0.15) is 0 Å². The molecule has 1 aromatic heterocycles. The Morgan fingerprint density at radius 3 is 2.39 bits per heavy atom. The molecule has 1 heterocycles. The summed E-state index contributed by atoms with van der Waals surface area (Å²) < 4.78 is 0. The van der Waals surface area contributed by atoms with E-state index in [4.69, 9.17) is 11.6 Å². The van der Waals surface area contributed by atoms with Crippen LogP contribution in [0.2, 0.25) is 0 Å². The SMILES string of the molecule is Cc1cc(C(C)C)nc(N(CCCCl)C(C)C)n1. The van der Waals surface area contributed by atoms with Gasteiger partial charge in [-0.25, -0.2) is 9.97 Å². The highest BCUT2D eigenvalue weighted by Crippen LogP contribution is 2.18. The molecule has 4 heteroatoms. The first-order valence-corrected chi connectivity index (χ1v) is 7.17. The molecule has 1 rings (SSSR count). The van der Waals surface area contributed by atoms with Gasteiger partial charge in [0.2, 0.25) is 5.95 Å². The summed E-state index contributed by atoms with van der Waals surface area (Å²) in [5.74, 6) is 1.93. The molecule has 0 N–H and O–H groups in total. The second-order valence-corrected chi connectivity index (χ2v) is 5.60. The molecular formula is C14H24ClN3. The maximum Gasteiger partial charge on any atom is 0.226 e. The summed E-state index contributed by atoms with van der Waals surface area (Å²) in [6.45, 7) is 11.6. The number of nitrogens with zero attached hydrogens (tertiary/aromatic N) is 3. The average Bonchev–Trinajstić information content (AvgIpc) is 2.28. The molecular weight excluding hydrogens is 246 g/mol. The summed E-state index contributed by atoms with van der Waals surface area (Å²) in [7, 11) is 0. The Labute approximate surface area is 116 Å². The predicted octanol–water partition coefficient (Wildman–Crippen LogP) is 3.75. The standard InChI is InChI=1S/C14H24ClN3/c1-10(2)13-9-12(5)16-14(17-13)18(11(3)4)8-6-7-15/h9-11H,6-8H2,1-5H3. The van der Waals surface area contributed by atoms with Gasteiger partial charge in [0.15, 0.2) is 0 Å². The molecule has 0 saturated heterocycles. The van der Waals surface area contributed by atoms with Crippen LogP contribution in [-0.2, 0) is 0 Å². The molecule has 0 aromatic carbocycles. The fourth-order valence-electron chi connectivity index (χ4n) is 1.82. The van der Waals surface area contributed by atoms with Gasteiger partial charge in [-0.1, -0.05) is 13.8 Å². The Morgan fingerprint density at radius 2 is 1.89 bits per heavy atom. The molecule has 0 fully saturated rings. The van der Waals surface area contributed by atoms with Gasteiger partial charge in [-0.2, -0.15) is 0 Å². The zero-order valence-corrected chi connectivity index (χ0v) is 12.8. The van der Waals surface area contributed by atoms with E-state index in [9.17, 15) is 0 Å². The number of halogens is 1. The minimum absolute atomic E-state index is 0.384. The molecule has 0 spiro atoms. The molecule has 0 aliphatic heterocycles. The minimum atomic E-state index is 0.384. The Hall–Kier alpha value is -0.830. The van der Waals surface area contributed by atoms with E-state index in [-0.39, 0.29) is 0 Å². The highest BCUT2D eigenvalue weighted by atomic mass is 35.5. The molecule has 1 aromatic rings. The monoisotopic (exact) mass is 269 g/mol. The number of anilines is 1. The lowest BCUT2D eigenvalue weighted by molar-refractivity contribution is 0.645. The van der Waals surface area contributed by atoms with E-state index in [1.165, 1.54) is 0 Å². The fraction of sp³-hybridized carbons (Fsp3) is 0.714. The first-order valence-electron chi connectivity index (χ1n) is 6.64. The first-order chi connectivity index (χ1) is 8.45. The molecule has 3 nitrogen and oxygen atoms in total. The van der Waals surface area contributed by atoms with Crippen LogP contribution in [-0.4, -0.2) is 28.4 Å². The molecule has 0 radical (unpaired) electrons. The number of aromatic nitrogens is 2. The zero-order valence-electron chi connectivity index (χ0n) is 12.1. The van der Waals surface area contributed by atoms with Crippen molar-refractivity contribution in [3.8, 4) is 0 Å². The van der Waals surface area contributed by atoms with E-state index >= 15 is 0 Å². The number of aryl methyl sites for hydroxylation is 1. The van der Waals surface area contributed by atoms with Crippen LogP contribution in [0.3, 0.4) is 0 Å². The first kappa shape index (κ1) is 15.2. The second kappa shape index (κ2) is 6.93. The van der Waals surface area contributed by atoms with E-state index < -0.39 is 0 Å². The van der Waals surface area contributed by atoms with Crippen molar-refractivity contribution in [2.45, 2.75) is 53.0 Å². The van der Waals surface area contributed by atoms with E-state index in [0.717, 1.165) is 30.3 Å². The largest absolute Gasteiger partial charge is 0.338 e. The molecule has 0 aliphatic rings. The Balaban J connectivity index is 3.03. The summed E-state index contributed by atoms with van der Waals surface area (Å²) in [6, 6.07) is 2.45. The maximum atomic E-state index is 5.78. The van der Waals surface area contributed by atoms with E-state index in [0.29, 0.717) is 17.8 Å². The van der Waals surface area contributed by atoms with Crippen LogP contribution in [0.1, 0.15) is 51.4 Å². The lowest BCUT2D eigenvalue weighted by Crippen LogP contribution is -2.34. The van der Waals surface area contributed by atoms with E-state index in [2.05, 4.69) is 48.6 Å². The van der Waals surface area contributed by atoms with Crippen LogP contribution >= 0.6 is 11.6 Å². The molecule has 0 bridgehead atoms. The summed E-state index contributed by atoms with van der Waals surface area (Å²) in [4.78, 5) is 11.5. The zero-order chi connectivity index (χ0) is 13.7. The molecule has 18 heavy (non-hydrogen) atoms. The lowest BCUT2D eigenvalue weighted by atomic mass is 10.1. The average molecular weight is 270 g/mol. The van der Waals surface area contributed by atoms with Gasteiger partial charge >= 0.3 is 0 Å². The van der Waals surface area contributed by atoms with Gasteiger partial charge in [0.25, 0.3) is 0 Å². The number of hydrogen-bond acceptors (Lipinski definition) is 3. The highest BCUT2D eigenvalue weighted by Gasteiger charge is 2.15. The topological polar surface area (TPSA) is 29.0 Å². The number of hydrogen-bond donors (Lipinski definition) is 0. The van der Waals surface area contributed by atoms with Crippen molar-refractivity contribution < 1.29 is 0 Å². The maximum absolute atomic E-state index is 5.78. The predicted molar refractivity (Wildman–Crippen MR) is 78.7 cm³/mol. The lowest BCUT2D eigenvalue weighted by Gasteiger charge is -2.27. The normalized spacial score (nSPS) is 11.3. The van der Waals surface area contributed by atoms with Gasteiger partial charge < -0.3 is 4.90 Å². The molecule has 0 unspecified atom stereocenters. The highest BCUT2D eigenvalue weighted by molar-refractivity contribution is 6.17. The molecule has 102 valence electrons. The van der Waals surface area contributed by atoms with Crippen LogP contribution in [0.15, 0.2) is 6.07 Å². The third-order valence-corrected chi connectivity index (χ3v) is 3.13. The minimum Gasteiger partial charge on any atom is -0.338 e. The summed E-state index contributed by atoms with van der Waals surface area (Å²) in [6.07, 6.45) is 0.952. The van der Waals surface area contributed by atoms with Gasteiger partial charge in [-0.15, -0.1) is 11.6 Å². The van der Waals surface area contributed by atoms with Crippen LogP contribution in [0.5, 0.6) is 0 Å². The fourth-order valence-corrected chi connectivity index (χ4v) is 1.94. The van der Waals surface area contributed by atoms with Crippen LogP contribution in [0.4, 0.5) is 5.95 Å². The van der Waals surface area contributed by atoms with E-state index in [1.807, 2.05) is 6.92 Å². The van der Waals surface area contributed by atoms with Crippen LogP contribution in [0, 0.1) is 6.92 Å². The summed E-state index contributed by atoms with van der Waals surface area (Å²) in [5.41, 5.74) is 2.13. The molecule has 0 aliphatic carbocycles. The van der Waals surface area contributed by atoms with Gasteiger partial charge in [-0.05, 0) is 39.2 Å². The number of rotatable bonds is 6. The third kappa shape index (κ3) is 4.13. The molecule has 0 saturated carbocycles. The van der Waals surface area contributed by atoms with Crippen molar-refractivity contribution in [2.24, 2.45) is 0 Å². The number of alkyl halides is 1. The smallest absolute Gasteiger partial charge is 0.226 e.